The Morgan fingerprint density at radius 1 is 0.575 bits per heavy atom. The van der Waals surface area contributed by atoms with E-state index in [9.17, 15) is 80.8 Å². The second kappa shape index (κ2) is 25.6. The van der Waals surface area contributed by atoms with Gasteiger partial charge in [0.05, 0.1) is 49.1 Å². The highest BCUT2D eigenvalue weighted by atomic mass is 16.7. The van der Waals surface area contributed by atoms with Crippen molar-refractivity contribution < 1.29 is 133 Å². The van der Waals surface area contributed by atoms with Crippen LogP contribution in [-0.2, 0) is 57.0 Å². The van der Waals surface area contributed by atoms with Gasteiger partial charge in [0.1, 0.15) is 99.0 Å². The second-order valence-electron chi connectivity index (χ2n) is 20.3. The van der Waals surface area contributed by atoms with Gasteiger partial charge in [-0.15, -0.1) is 0 Å². The number of carbonyl (C=O) groups excluding carboxylic acids is 2. The molecule has 7 rings (SSSR count). The predicted molar refractivity (Wildman–Crippen MR) is 236 cm³/mol. The summed E-state index contributed by atoms with van der Waals surface area (Å²) in [5.41, 5.74) is 0. The van der Waals surface area contributed by atoms with Crippen LogP contribution in [0.4, 0.5) is 0 Å². The standard InChI is InChI=1S/C46H72O27/c1-64-25-8-17(2-5-21(25)48)3-7-32(53)65-15-29-35(56)38(59)40(61)44(72-29)67-19-10-23(50)20-12-27(70-46-42(63)39(60)36(57)30(73-46)16-66-33(54)13-31(51)52)43(68-24(20)11-19)18-4-6-22(49)26(9-18)69-45-41(62)37(58)34(55)28(14-47)71-45/h3,7,17-30,34-50,55-63H,2,4-6,8-16H2,1H3,(H,51,52)/p+1. The van der Waals surface area contributed by atoms with Gasteiger partial charge in [0, 0.05) is 31.9 Å². The van der Waals surface area contributed by atoms with E-state index >= 15 is 0 Å². The van der Waals surface area contributed by atoms with Gasteiger partial charge >= 0.3 is 17.9 Å². The third-order valence-corrected chi connectivity index (χ3v) is 15.4. The molecule has 73 heavy (non-hydrogen) atoms. The van der Waals surface area contributed by atoms with Crippen molar-refractivity contribution in [2.75, 3.05) is 26.9 Å². The summed E-state index contributed by atoms with van der Waals surface area (Å²) in [7, 11) is 1.49. The summed E-state index contributed by atoms with van der Waals surface area (Å²) in [6.45, 7) is -2.02. The molecule has 0 aromatic rings. The third kappa shape index (κ3) is 13.9. The first kappa shape index (κ1) is 58.0. The molecule has 27 unspecified atom stereocenters. The Labute approximate surface area is 418 Å². The maximum absolute atomic E-state index is 12.7. The van der Waals surface area contributed by atoms with E-state index in [1.807, 2.05) is 0 Å². The van der Waals surface area contributed by atoms with Crippen LogP contribution in [0.3, 0.4) is 0 Å². The minimum atomic E-state index is -1.92. The van der Waals surface area contributed by atoms with Crippen molar-refractivity contribution in [1.82, 2.24) is 0 Å². The number of carbonyl (C=O) groups is 3. The molecule has 7 aliphatic rings. The Morgan fingerprint density at radius 2 is 1.12 bits per heavy atom. The number of carboxylic acids is 1. The van der Waals surface area contributed by atoms with Gasteiger partial charge in [-0.05, 0) is 50.9 Å². The first-order chi connectivity index (χ1) is 34.7. The molecule has 15 N–H and O–H groups in total. The van der Waals surface area contributed by atoms with Gasteiger partial charge in [0.25, 0.3) is 0 Å². The number of aliphatic hydroxyl groups excluding tert-OH is 13. The highest BCUT2D eigenvalue weighted by Gasteiger charge is 2.57. The minimum Gasteiger partial charge on any atom is -0.481 e. The molecule has 0 radical (unpaired) electrons. The Balaban J connectivity index is 1.05. The molecule has 27 heteroatoms. The smallest absolute Gasteiger partial charge is 0.330 e. The molecule has 0 aromatic heterocycles. The molecule has 0 aromatic carbocycles. The molecule has 7 fully saturated rings. The first-order valence-corrected chi connectivity index (χ1v) is 24.8. The van der Waals surface area contributed by atoms with Gasteiger partial charge in [-0.3, -0.25) is 9.59 Å². The minimum absolute atomic E-state index is 0.00920. The predicted octanol–water partition coefficient (Wildman–Crippen LogP) is -6.55. The molecule has 4 aliphatic heterocycles. The summed E-state index contributed by atoms with van der Waals surface area (Å²) in [5, 5.41) is 149. The number of hydrogen-bond acceptors (Lipinski definition) is 25. The molecule has 0 amide bonds. The van der Waals surface area contributed by atoms with E-state index in [1.54, 1.807) is 6.08 Å². The first-order valence-electron chi connectivity index (χ1n) is 24.8. The van der Waals surface area contributed by atoms with Crippen LogP contribution < -0.4 is 0 Å². The zero-order valence-corrected chi connectivity index (χ0v) is 40.0. The Bertz CT molecular complexity index is 1830. The van der Waals surface area contributed by atoms with Crippen molar-refractivity contribution in [3.05, 3.63) is 12.2 Å². The highest BCUT2D eigenvalue weighted by molar-refractivity contribution is 5.90. The van der Waals surface area contributed by atoms with Crippen molar-refractivity contribution in [3.63, 3.8) is 0 Å². The third-order valence-electron chi connectivity index (χ3n) is 15.4. The lowest BCUT2D eigenvalue weighted by molar-refractivity contribution is -0.364. The van der Waals surface area contributed by atoms with Crippen LogP contribution in [-0.4, -0.2) is 268 Å². The van der Waals surface area contributed by atoms with Crippen LogP contribution in [0, 0.1) is 17.8 Å². The second-order valence-corrected chi connectivity index (χ2v) is 20.3. The number of esters is 2. The van der Waals surface area contributed by atoms with E-state index in [1.165, 1.54) is 13.2 Å². The fourth-order valence-corrected chi connectivity index (χ4v) is 11.1. The quantitative estimate of drug-likeness (QED) is 0.0279. The van der Waals surface area contributed by atoms with Gasteiger partial charge < -0.3 is 119 Å². The number of ether oxygens (including phenoxy) is 10. The normalized spacial score (nSPS) is 47.6. The maximum Gasteiger partial charge on any atom is 0.330 e. The number of fused-ring (bicyclic) bond motifs is 1. The van der Waals surface area contributed by atoms with E-state index in [0.717, 1.165) is 0 Å². The zero-order valence-electron chi connectivity index (χ0n) is 40.0. The monoisotopic (exact) mass is 1060 g/mol. The summed E-state index contributed by atoms with van der Waals surface area (Å²) in [6, 6.07) is 0. The lowest BCUT2D eigenvalue weighted by Gasteiger charge is -2.50. The van der Waals surface area contributed by atoms with Gasteiger partial charge in [0.2, 0.25) is 0 Å². The average molecular weight is 1060 g/mol. The number of methoxy groups -OCH3 is 1. The number of aliphatic hydroxyl groups is 15. The van der Waals surface area contributed by atoms with Gasteiger partial charge in [-0.1, -0.05) is 6.08 Å². The number of allylic oxidation sites excluding steroid dienone is 1. The fourth-order valence-electron chi connectivity index (χ4n) is 11.1. The Hall–Kier alpha value is -2.69. The van der Waals surface area contributed by atoms with Crippen molar-refractivity contribution in [2.24, 2.45) is 17.8 Å². The van der Waals surface area contributed by atoms with Crippen LogP contribution in [0.2, 0.25) is 0 Å². The number of rotatable bonds is 17. The van der Waals surface area contributed by atoms with Crippen LogP contribution in [0.25, 0.3) is 0 Å². The molecule has 3 saturated carbocycles. The number of hydrogen-bond donors (Lipinski definition) is 14. The summed E-state index contributed by atoms with van der Waals surface area (Å²) in [4.78, 5) is 35.8. The fraction of sp³-hybridized carbons (Fsp3) is 0.891. The molecule has 4 saturated heterocycles. The van der Waals surface area contributed by atoms with E-state index in [4.69, 9.17) is 52.5 Å². The van der Waals surface area contributed by atoms with E-state index in [0.29, 0.717) is 19.3 Å². The van der Waals surface area contributed by atoms with Crippen molar-refractivity contribution >= 4 is 17.9 Å². The van der Waals surface area contributed by atoms with Crippen molar-refractivity contribution in [3.8, 4) is 0 Å². The van der Waals surface area contributed by atoms with Gasteiger partial charge in [-0.25, -0.2) is 4.79 Å². The average Bonchev–Trinajstić information content (AvgIpc) is 3.36. The van der Waals surface area contributed by atoms with E-state index in [2.05, 4.69) is 0 Å². The number of aliphatic carboxylic acids is 1. The number of carboxylic acid groups (broad SMARTS) is 1. The largest absolute Gasteiger partial charge is 0.481 e. The summed E-state index contributed by atoms with van der Waals surface area (Å²) < 4.78 is 56.5. The van der Waals surface area contributed by atoms with Crippen LogP contribution in [0.1, 0.15) is 64.2 Å². The zero-order chi connectivity index (χ0) is 53.0. The molecule has 4 heterocycles. The van der Waals surface area contributed by atoms with Crippen molar-refractivity contribution in [2.45, 2.75) is 211 Å². The topological polar surface area (TPSA) is 430 Å². The van der Waals surface area contributed by atoms with Gasteiger partial charge in [0.15, 0.2) is 31.1 Å². The molecule has 27 atom stereocenters. The SMILES string of the molecule is COC1CC(C=CC(=O)OCC2OC(OC3CC(O)C4CC(OC5OC(COC(=O)CC(=O)O)C(O)C(O)C5O)C(C5CCC(O)C(OC6OC(CO)C(O)C(O)C6O)C5)[OH+]C4C3)C(O)C(O)C2O)CCC1O. The van der Waals surface area contributed by atoms with Crippen LogP contribution >= 0.6 is 0 Å². The Kier molecular flexibility index (Phi) is 20.4. The molecular formula is C46H73O27+. The Morgan fingerprint density at radius 3 is 1.73 bits per heavy atom. The summed E-state index contributed by atoms with van der Waals surface area (Å²) in [6.07, 6.45) is -29.6. The summed E-state index contributed by atoms with van der Waals surface area (Å²) in [5.74, 6) is -4.74. The summed E-state index contributed by atoms with van der Waals surface area (Å²) >= 11 is 0. The lowest BCUT2D eigenvalue weighted by atomic mass is 9.72. The van der Waals surface area contributed by atoms with Gasteiger partial charge in [-0.2, -0.15) is 0 Å². The van der Waals surface area contributed by atoms with Crippen LogP contribution in [0.15, 0.2) is 12.2 Å². The molecule has 0 spiro atoms. The molecule has 418 valence electrons. The maximum atomic E-state index is 12.7. The molecule has 27 nitrogen and oxygen atoms in total. The van der Waals surface area contributed by atoms with Crippen molar-refractivity contribution in [1.29, 1.82) is 0 Å². The molecule has 0 bridgehead atoms. The van der Waals surface area contributed by atoms with Crippen LogP contribution in [0.5, 0.6) is 0 Å². The molecular weight excluding hydrogens is 984 g/mol. The molecule has 3 aliphatic carbocycles. The van der Waals surface area contributed by atoms with E-state index < -0.39 is 197 Å². The van der Waals surface area contributed by atoms with E-state index in [-0.39, 0.29) is 50.5 Å². The lowest BCUT2D eigenvalue weighted by Crippen LogP contribution is -2.64. The highest BCUT2D eigenvalue weighted by Crippen LogP contribution is 2.44.